The zero-order chi connectivity index (χ0) is 22.4. The van der Waals surface area contributed by atoms with E-state index in [1.165, 1.54) is 11.8 Å². The van der Waals surface area contributed by atoms with Crippen molar-refractivity contribution < 1.29 is 14.3 Å². The first-order chi connectivity index (χ1) is 14.9. The molecular formula is C24H28N2O3S2. The maximum atomic E-state index is 13.1. The Kier molecular flexibility index (Phi) is 7.98. The van der Waals surface area contributed by atoms with Gasteiger partial charge in [-0.2, -0.15) is 0 Å². The number of ether oxygens (including phenoxy) is 2. The zero-order valence-electron chi connectivity index (χ0n) is 18.4. The summed E-state index contributed by atoms with van der Waals surface area (Å²) in [6.07, 6.45) is 3.92. The summed E-state index contributed by atoms with van der Waals surface area (Å²) >= 11 is 6.81. The van der Waals surface area contributed by atoms with Crippen molar-refractivity contribution in [3.63, 3.8) is 0 Å². The molecule has 0 bridgehead atoms. The fraction of sp³-hybridized carbons (Fsp3) is 0.333. The van der Waals surface area contributed by atoms with Crippen LogP contribution in [0, 0.1) is 0 Å². The molecule has 3 rings (SSSR count). The van der Waals surface area contributed by atoms with Gasteiger partial charge in [0.25, 0.3) is 5.91 Å². The van der Waals surface area contributed by atoms with E-state index in [0.717, 1.165) is 35.5 Å². The molecular weight excluding hydrogens is 428 g/mol. The molecule has 1 amide bonds. The molecule has 1 aliphatic heterocycles. The highest BCUT2D eigenvalue weighted by atomic mass is 32.2. The van der Waals surface area contributed by atoms with E-state index < -0.39 is 0 Å². The van der Waals surface area contributed by atoms with Gasteiger partial charge in [-0.05, 0) is 61.4 Å². The number of benzene rings is 2. The van der Waals surface area contributed by atoms with Gasteiger partial charge in [-0.3, -0.25) is 9.69 Å². The lowest BCUT2D eigenvalue weighted by Crippen LogP contribution is -2.27. The lowest BCUT2D eigenvalue weighted by molar-refractivity contribution is -0.113. The largest absolute Gasteiger partial charge is 0.490 e. The molecule has 164 valence electrons. The molecule has 2 aromatic rings. The third kappa shape index (κ3) is 5.60. The predicted octanol–water partition coefficient (Wildman–Crippen LogP) is 5.74. The van der Waals surface area contributed by atoms with Crippen LogP contribution in [0.25, 0.3) is 6.08 Å². The molecule has 1 heterocycles. The number of thiocarbonyl (C=S) groups is 1. The summed E-state index contributed by atoms with van der Waals surface area (Å²) in [6, 6.07) is 13.5. The van der Waals surface area contributed by atoms with Gasteiger partial charge in [-0.1, -0.05) is 43.4 Å². The van der Waals surface area contributed by atoms with Crippen LogP contribution < -0.4 is 19.3 Å². The molecule has 31 heavy (non-hydrogen) atoms. The zero-order valence-corrected chi connectivity index (χ0v) is 20.0. The van der Waals surface area contributed by atoms with E-state index in [-0.39, 0.29) is 5.91 Å². The molecule has 0 unspecified atom stereocenters. The van der Waals surface area contributed by atoms with Crippen molar-refractivity contribution >= 4 is 51.7 Å². The van der Waals surface area contributed by atoms with Gasteiger partial charge in [0, 0.05) is 19.8 Å². The normalized spacial score (nSPS) is 15.0. The fourth-order valence-corrected chi connectivity index (χ4v) is 4.37. The van der Waals surface area contributed by atoms with E-state index >= 15 is 0 Å². The van der Waals surface area contributed by atoms with Crippen LogP contribution in [0.3, 0.4) is 0 Å². The van der Waals surface area contributed by atoms with E-state index in [4.69, 9.17) is 21.7 Å². The van der Waals surface area contributed by atoms with Gasteiger partial charge in [0.1, 0.15) is 0 Å². The van der Waals surface area contributed by atoms with Crippen LogP contribution in [-0.2, 0) is 4.79 Å². The topological polar surface area (TPSA) is 42.0 Å². The number of carbonyl (C=O) groups excluding carboxylic acids is 1. The van der Waals surface area contributed by atoms with Crippen molar-refractivity contribution in [2.75, 3.05) is 37.1 Å². The number of carbonyl (C=O) groups is 1. The first-order valence-corrected chi connectivity index (χ1v) is 11.6. The summed E-state index contributed by atoms with van der Waals surface area (Å²) in [7, 11) is 3.96. The van der Waals surface area contributed by atoms with Crippen molar-refractivity contribution in [3.05, 3.63) is 52.9 Å². The highest BCUT2D eigenvalue weighted by Crippen LogP contribution is 2.37. The number of anilines is 2. The third-order valence-electron chi connectivity index (χ3n) is 4.74. The maximum absolute atomic E-state index is 13.1. The molecule has 1 fully saturated rings. The molecule has 0 radical (unpaired) electrons. The van der Waals surface area contributed by atoms with E-state index in [2.05, 4.69) is 6.92 Å². The van der Waals surface area contributed by atoms with Crippen LogP contribution in [0.1, 0.15) is 32.3 Å². The van der Waals surface area contributed by atoms with Gasteiger partial charge >= 0.3 is 0 Å². The monoisotopic (exact) mass is 456 g/mol. The minimum atomic E-state index is -0.117. The smallest absolute Gasteiger partial charge is 0.270 e. The number of amides is 1. The maximum Gasteiger partial charge on any atom is 0.270 e. The van der Waals surface area contributed by atoms with Crippen LogP contribution in [0.2, 0.25) is 0 Å². The average Bonchev–Trinajstić information content (AvgIpc) is 3.03. The van der Waals surface area contributed by atoms with Crippen molar-refractivity contribution in [2.45, 2.75) is 26.7 Å². The van der Waals surface area contributed by atoms with Gasteiger partial charge in [-0.15, -0.1) is 0 Å². The molecule has 0 N–H and O–H groups in total. The van der Waals surface area contributed by atoms with Crippen molar-refractivity contribution in [1.82, 2.24) is 0 Å². The van der Waals surface area contributed by atoms with Crippen LogP contribution in [-0.4, -0.2) is 37.5 Å². The molecule has 0 aromatic heterocycles. The summed E-state index contributed by atoms with van der Waals surface area (Å²) in [5.74, 6) is 1.29. The Hall–Kier alpha value is -2.51. The summed E-state index contributed by atoms with van der Waals surface area (Å²) in [5.41, 5.74) is 2.70. The quantitative estimate of drug-likeness (QED) is 0.272. The molecule has 0 spiro atoms. The number of hydrogen-bond acceptors (Lipinski definition) is 6. The second-order valence-electron chi connectivity index (χ2n) is 7.27. The SMILES string of the molecule is CCCCOc1ccc(/C=C2\SC(=S)N(c3ccc(N(C)C)cc3)C2=O)cc1OCC. The van der Waals surface area contributed by atoms with Crippen molar-refractivity contribution in [1.29, 1.82) is 0 Å². The lowest BCUT2D eigenvalue weighted by Gasteiger charge is -2.17. The number of thioether (sulfide) groups is 1. The van der Waals surface area contributed by atoms with Crippen molar-refractivity contribution in [3.8, 4) is 11.5 Å². The minimum Gasteiger partial charge on any atom is -0.490 e. The number of unbranched alkanes of at least 4 members (excludes halogenated alkanes) is 1. The van der Waals surface area contributed by atoms with Gasteiger partial charge in [0.2, 0.25) is 0 Å². The molecule has 0 aliphatic carbocycles. The van der Waals surface area contributed by atoms with Crippen LogP contribution in [0.15, 0.2) is 47.4 Å². The predicted molar refractivity (Wildman–Crippen MR) is 134 cm³/mol. The summed E-state index contributed by atoms with van der Waals surface area (Å²) < 4.78 is 12.1. The standard InChI is InChI=1S/C24H28N2O3S2/c1-5-7-14-29-20-13-8-17(15-21(20)28-6-2)16-22-23(27)26(24(30)31-22)19-11-9-18(10-12-19)25(3)4/h8-13,15-16H,5-7,14H2,1-4H3/b22-16-. The van der Waals surface area contributed by atoms with Gasteiger partial charge in [0.15, 0.2) is 15.8 Å². The first kappa shape index (κ1) is 23.2. The van der Waals surface area contributed by atoms with E-state index in [9.17, 15) is 4.79 Å². The molecule has 1 aliphatic rings. The molecule has 1 saturated heterocycles. The highest BCUT2D eigenvalue weighted by Gasteiger charge is 2.33. The molecule has 0 atom stereocenters. The number of nitrogens with zero attached hydrogens (tertiary/aromatic N) is 2. The Morgan fingerprint density at radius 2 is 1.81 bits per heavy atom. The average molecular weight is 457 g/mol. The number of hydrogen-bond donors (Lipinski definition) is 0. The molecule has 5 nitrogen and oxygen atoms in total. The second-order valence-corrected chi connectivity index (χ2v) is 8.94. The summed E-state index contributed by atoms with van der Waals surface area (Å²) in [4.78, 5) is 17.3. The van der Waals surface area contributed by atoms with E-state index in [1.54, 1.807) is 4.90 Å². The Morgan fingerprint density at radius 1 is 1.06 bits per heavy atom. The van der Waals surface area contributed by atoms with Gasteiger partial charge in [0.05, 0.1) is 23.8 Å². The Labute approximate surface area is 194 Å². The second kappa shape index (κ2) is 10.7. The third-order valence-corrected chi connectivity index (χ3v) is 6.04. The van der Waals surface area contributed by atoms with Crippen molar-refractivity contribution in [2.24, 2.45) is 0 Å². The molecule has 0 saturated carbocycles. The summed E-state index contributed by atoms with van der Waals surface area (Å²) in [6.45, 7) is 5.26. The van der Waals surface area contributed by atoms with Crippen LogP contribution in [0.5, 0.6) is 11.5 Å². The summed E-state index contributed by atoms with van der Waals surface area (Å²) in [5, 5.41) is 0. The lowest BCUT2D eigenvalue weighted by atomic mass is 10.1. The first-order valence-electron chi connectivity index (χ1n) is 10.4. The molecule has 7 heteroatoms. The van der Waals surface area contributed by atoms with E-state index in [1.807, 2.05) is 74.5 Å². The van der Waals surface area contributed by atoms with Gasteiger partial charge < -0.3 is 14.4 Å². The number of rotatable bonds is 9. The minimum absolute atomic E-state index is 0.117. The molecule has 2 aromatic carbocycles. The Morgan fingerprint density at radius 3 is 2.45 bits per heavy atom. The Bertz CT molecular complexity index is 971. The highest BCUT2D eigenvalue weighted by molar-refractivity contribution is 8.27. The van der Waals surface area contributed by atoms with E-state index in [0.29, 0.717) is 28.2 Å². The Balaban J connectivity index is 1.82. The fourth-order valence-electron chi connectivity index (χ4n) is 3.07. The van der Waals surface area contributed by atoms with Crippen LogP contribution in [0.4, 0.5) is 11.4 Å². The van der Waals surface area contributed by atoms with Crippen LogP contribution >= 0.6 is 24.0 Å². The van der Waals surface area contributed by atoms with Gasteiger partial charge in [-0.25, -0.2) is 0 Å².